The zero-order chi connectivity index (χ0) is 19.2. The van der Waals surface area contributed by atoms with Crippen molar-refractivity contribution in [1.29, 1.82) is 0 Å². The highest BCUT2D eigenvalue weighted by Crippen LogP contribution is 2.49. The lowest BCUT2D eigenvalue weighted by Crippen LogP contribution is -2.49. The monoisotopic (exact) mass is 401 g/mol. The molecule has 1 saturated heterocycles. The van der Waals surface area contributed by atoms with Gasteiger partial charge in [0.05, 0.1) is 10.6 Å². The Morgan fingerprint density at radius 1 is 1.19 bits per heavy atom. The van der Waals surface area contributed by atoms with Crippen molar-refractivity contribution in [2.75, 3.05) is 31.1 Å². The molecule has 0 N–H and O–H groups in total. The number of nitrogens with zero attached hydrogens (tertiary/aromatic N) is 3. The average Bonchev–Trinajstić information content (AvgIpc) is 3.24. The van der Waals surface area contributed by atoms with Crippen LogP contribution in [0.5, 0.6) is 0 Å². The summed E-state index contributed by atoms with van der Waals surface area (Å²) in [6, 6.07) is 0.913. The molecule has 2 bridgehead atoms. The smallest absolute Gasteiger partial charge is 0.352 e. The molecule has 2 saturated carbocycles. The second kappa shape index (κ2) is 7.15. The summed E-state index contributed by atoms with van der Waals surface area (Å²) in [5, 5.41) is -0.00779. The third-order valence-corrected chi connectivity index (χ3v) is 6.68. The lowest BCUT2D eigenvalue weighted by Gasteiger charge is -2.36. The number of amides is 1. The largest absolute Gasteiger partial charge is 0.417 e. The van der Waals surface area contributed by atoms with E-state index in [2.05, 4.69) is 4.98 Å². The van der Waals surface area contributed by atoms with E-state index in [0.29, 0.717) is 44.3 Å². The molecular formula is C19H23ClF3N3O. The standard InChI is InChI=1S/C19H23ClF3N3O/c20-16-10-15(19(21,22)23)11-24-18(16)26-5-3-25(4-6-26)17(27)9-14-8-12-1-2-13(14)7-12/h10-14H,1-9H2/t12-,13+,14+/m0/s1. The molecule has 0 radical (unpaired) electrons. The number of carbonyl (C=O) groups excluding carboxylic acids is 1. The molecule has 1 aliphatic heterocycles. The van der Waals surface area contributed by atoms with E-state index in [1.807, 2.05) is 9.80 Å². The van der Waals surface area contributed by atoms with Gasteiger partial charge in [0, 0.05) is 38.8 Å². The van der Waals surface area contributed by atoms with Crippen molar-refractivity contribution >= 4 is 23.3 Å². The van der Waals surface area contributed by atoms with Crippen LogP contribution in [0.4, 0.5) is 19.0 Å². The summed E-state index contributed by atoms with van der Waals surface area (Å²) in [6.07, 6.45) is 2.09. The molecule has 148 valence electrons. The molecule has 2 heterocycles. The van der Waals surface area contributed by atoms with Gasteiger partial charge in [-0.15, -0.1) is 0 Å². The first kappa shape index (κ1) is 18.8. The molecule has 3 fully saturated rings. The molecular weight excluding hydrogens is 379 g/mol. The molecule has 3 atom stereocenters. The van der Waals surface area contributed by atoms with Crippen molar-refractivity contribution in [1.82, 2.24) is 9.88 Å². The molecule has 1 aromatic rings. The fourth-order valence-corrected chi connectivity index (χ4v) is 5.25. The van der Waals surface area contributed by atoms with Gasteiger partial charge in [-0.2, -0.15) is 13.2 Å². The van der Waals surface area contributed by atoms with Crippen LogP contribution in [-0.4, -0.2) is 42.0 Å². The van der Waals surface area contributed by atoms with Crippen LogP contribution in [0.3, 0.4) is 0 Å². The molecule has 0 unspecified atom stereocenters. The normalized spacial score (nSPS) is 28.1. The van der Waals surface area contributed by atoms with E-state index < -0.39 is 11.7 Å². The first-order valence-corrected chi connectivity index (χ1v) is 9.94. The molecule has 8 heteroatoms. The van der Waals surface area contributed by atoms with Crippen LogP contribution < -0.4 is 4.90 Å². The zero-order valence-electron chi connectivity index (χ0n) is 15.0. The van der Waals surface area contributed by atoms with E-state index in [4.69, 9.17) is 11.6 Å². The van der Waals surface area contributed by atoms with Gasteiger partial charge < -0.3 is 9.80 Å². The van der Waals surface area contributed by atoms with Crippen molar-refractivity contribution in [2.24, 2.45) is 17.8 Å². The molecule has 4 nitrogen and oxygen atoms in total. The van der Waals surface area contributed by atoms with Gasteiger partial charge in [-0.25, -0.2) is 4.98 Å². The van der Waals surface area contributed by atoms with Gasteiger partial charge in [0.1, 0.15) is 5.82 Å². The van der Waals surface area contributed by atoms with Crippen LogP contribution in [-0.2, 0) is 11.0 Å². The van der Waals surface area contributed by atoms with Gasteiger partial charge in [-0.3, -0.25) is 4.79 Å². The molecule has 4 rings (SSSR count). The Balaban J connectivity index is 1.33. The molecule has 2 aliphatic carbocycles. The van der Waals surface area contributed by atoms with Crippen LogP contribution in [0.2, 0.25) is 5.02 Å². The molecule has 3 aliphatic rings. The summed E-state index contributed by atoms with van der Waals surface area (Å²) in [5.74, 6) is 2.66. The highest BCUT2D eigenvalue weighted by molar-refractivity contribution is 6.33. The Hall–Kier alpha value is -1.50. The summed E-state index contributed by atoms with van der Waals surface area (Å²) in [5.41, 5.74) is -0.851. The molecule has 1 aromatic heterocycles. The van der Waals surface area contributed by atoms with Gasteiger partial charge in [0.2, 0.25) is 5.91 Å². The van der Waals surface area contributed by atoms with Crippen LogP contribution >= 0.6 is 11.6 Å². The average molecular weight is 402 g/mol. The zero-order valence-corrected chi connectivity index (χ0v) is 15.8. The number of pyridine rings is 1. The third-order valence-electron chi connectivity index (χ3n) is 6.40. The van der Waals surface area contributed by atoms with Crippen LogP contribution in [0.25, 0.3) is 0 Å². The number of hydrogen-bond acceptors (Lipinski definition) is 3. The number of piperazine rings is 1. The maximum Gasteiger partial charge on any atom is 0.417 e. The van der Waals surface area contributed by atoms with Gasteiger partial charge in [0.25, 0.3) is 0 Å². The quantitative estimate of drug-likeness (QED) is 0.760. The van der Waals surface area contributed by atoms with Crippen molar-refractivity contribution < 1.29 is 18.0 Å². The van der Waals surface area contributed by atoms with Gasteiger partial charge in [0.15, 0.2) is 0 Å². The molecule has 0 aromatic carbocycles. The van der Waals surface area contributed by atoms with Crippen molar-refractivity contribution in [3.05, 3.63) is 22.8 Å². The summed E-state index contributed by atoms with van der Waals surface area (Å²) < 4.78 is 38.2. The summed E-state index contributed by atoms with van der Waals surface area (Å²) >= 11 is 6.03. The van der Waals surface area contributed by atoms with Crippen molar-refractivity contribution in [3.63, 3.8) is 0 Å². The molecule has 0 spiro atoms. The number of hydrogen-bond donors (Lipinski definition) is 0. The van der Waals surface area contributed by atoms with Crippen molar-refractivity contribution in [2.45, 2.75) is 38.3 Å². The SMILES string of the molecule is O=C(C[C@H]1C[C@H]2CC[C@@H]1C2)N1CCN(c2ncc(C(F)(F)F)cc2Cl)CC1. The number of anilines is 1. The maximum atomic E-state index is 12.7. The van der Waals surface area contributed by atoms with Crippen LogP contribution in [0.15, 0.2) is 12.3 Å². The lowest BCUT2D eigenvalue weighted by atomic mass is 9.86. The van der Waals surface area contributed by atoms with Gasteiger partial charge in [-0.05, 0) is 43.1 Å². The second-order valence-electron chi connectivity index (χ2n) is 8.03. The predicted octanol–water partition coefficient (Wildman–Crippen LogP) is 4.23. The Morgan fingerprint density at radius 2 is 1.93 bits per heavy atom. The Morgan fingerprint density at radius 3 is 2.48 bits per heavy atom. The van der Waals surface area contributed by atoms with Gasteiger partial charge >= 0.3 is 6.18 Å². The Kier molecular flexibility index (Phi) is 4.99. The van der Waals surface area contributed by atoms with Crippen LogP contribution in [0, 0.1) is 17.8 Å². The maximum absolute atomic E-state index is 12.7. The third kappa shape index (κ3) is 3.89. The van der Waals surface area contributed by atoms with E-state index >= 15 is 0 Å². The predicted molar refractivity (Wildman–Crippen MR) is 96.6 cm³/mol. The number of rotatable bonds is 3. The topological polar surface area (TPSA) is 36.4 Å². The van der Waals surface area contributed by atoms with E-state index in [9.17, 15) is 18.0 Å². The molecule has 27 heavy (non-hydrogen) atoms. The fraction of sp³-hybridized carbons (Fsp3) is 0.684. The first-order chi connectivity index (χ1) is 12.8. The highest BCUT2D eigenvalue weighted by atomic mass is 35.5. The number of halogens is 4. The van der Waals surface area contributed by atoms with E-state index in [1.165, 1.54) is 25.7 Å². The van der Waals surface area contributed by atoms with E-state index in [1.54, 1.807) is 0 Å². The number of fused-ring (bicyclic) bond motifs is 2. The Labute approximate surface area is 161 Å². The van der Waals surface area contributed by atoms with Gasteiger partial charge in [-0.1, -0.05) is 18.0 Å². The number of aromatic nitrogens is 1. The minimum atomic E-state index is -4.46. The number of carbonyl (C=O) groups is 1. The summed E-state index contributed by atoms with van der Waals surface area (Å²) in [4.78, 5) is 20.3. The second-order valence-corrected chi connectivity index (χ2v) is 8.44. The van der Waals surface area contributed by atoms with Crippen LogP contribution in [0.1, 0.15) is 37.7 Å². The van der Waals surface area contributed by atoms with Crippen molar-refractivity contribution in [3.8, 4) is 0 Å². The van der Waals surface area contributed by atoms with E-state index in [0.717, 1.165) is 24.1 Å². The lowest BCUT2D eigenvalue weighted by molar-refractivity contribution is -0.138. The minimum Gasteiger partial charge on any atom is -0.352 e. The minimum absolute atomic E-state index is 0.00779. The van der Waals surface area contributed by atoms with E-state index in [-0.39, 0.29) is 10.9 Å². The first-order valence-electron chi connectivity index (χ1n) is 9.56. The number of alkyl halides is 3. The summed E-state index contributed by atoms with van der Waals surface area (Å²) in [7, 11) is 0. The fourth-order valence-electron chi connectivity index (χ4n) is 4.97. The summed E-state index contributed by atoms with van der Waals surface area (Å²) in [6.45, 7) is 2.17. The Bertz CT molecular complexity index is 719. The molecule has 1 amide bonds. The highest BCUT2D eigenvalue weighted by Gasteiger charge is 2.41.